The maximum atomic E-state index is 5.26. The van der Waals surface area contributed by atoms with E-state index in [2.05, 4.69) is 11.9 Å². The maximum absolute atomic E-state index is 5.26. The molecular weight excluding hydrogens is 162 g/mol. The first-order valence-electron chi connectivity index (χ1n) is 5.54. The molecule has 0 N–H and O–H groups in total. The number of likely N-dealkylation sites (tertiary alicyclic amines) is 1. The Balaban J connectivity index is 1.96. The van der Waals surface area contributed by atoms with E-state index in [-0.39, 0.29) is 0 Å². The number of likely N-dealkylation sites (N-methyl/N-ethyl adjacent to an activating group) is 1. The Labute approximate surface area is 81.3 Å². The molecule has 1 saturated carbocycles. The van der Waals surface area contributed by atoms with Crippen LogP contribution in [0, 0.1) is 5.92 Å². The van der Waals surface area contributed by atoms with Crippen molar-refractivity contribution in [3.63, 3.8) is 0 Å². The van der Waals surface area contributed by atoms with Gasteiger partial charge in [-0.1, -0.05) is 12.8 Å². The van der Waals surface area contributed by atoms with Gasteiger partial charge in [0.1, 0.15) is 0 Å². The summed E-state index contributed by atoms with van der Waals surface area (Å²) in [5.74, 6) is 0.971. The highest BCUT2D eigenvalue weighted by molar-refractivity contribution is 4.93. The fraction of sp³-hybridized carbons (Fsp3) is 1.00. The van der Waals surface area contributed by atoms with Crippen LogP contribution >= 0.6 is 0 Å². The van der Waals surface area contributed by atoms with Crippen molar-refractivity contribution in [2.75, 3.05) is 20.8 Å². The summed E-state index contributed by atoms with van der Waals surface area (Å²) in [5, 5.41) is 0. The molecule has 1 aliphatic heterocycles. The summed E-state index contributed by atoms with van der Waals surface area (Å²) < 4.78 is 5.26. The summed E-state index contributed by atoms with van der Waals surface area (Å²) in [6.07, 6.45) is 7.13. The normalized spacial score (nSPS) is 40.6. The monoisotopic (exact) mass is 183 g/mol. The van der Waals surface area contributed by atoms with Gasteiger partial charge in [0.05, 0.1) is 6.61 Å². The van der Waals surface area contributed by atoms with Gasteiger partial charge in [-0.15, -0.1) is 0 Å². The molecule has 0 spiro atoms. The third-order valence-corrected chi connectivity index (χ3v) is 3.90. The molecule has 0 amide bonds. The average molecular weight is 183 g/mol. The van der Waals surface area contributed by atoms with Crippen LogP contribution in [0.3, 0.4) is 0 Å². The molecule has 1 aliphatic carbocycles. The molecule has 2 heteroatoms. The van der Waals surface area contributed by atoms with Gasteiger partial charge >= 0.3 is 0 Å². The maximum Gasteiger partial charge on any atom is 0.0618 e. The highest BCUT2D eigenvalue weighted by Gasteiger charge is 2.39. The van der Waals surface area contributed by atoms with Gasteiger partial charge < -0.3 is 4.74 Å². The third-order valence-electron chi connectivity index (χ3n) is 3.90. The summed E-state index contributed by atoms with van der Waals surface area (Å²) in [4.78, 5) is 2.56. The molecule has 0 bridgehead atoms. The SMILES string of the molecule is COCC1CC2CCCCC2N1C. The summed E-state index contributed by atoms with van der Waals surface area (Å²) in [6, 6.07) is 1.56. The largest absolute Gasteiger partial charge is 0.383 e. The minimum Gasteiger partial charge on any atom is -0.383 e. The van der Waals surface area contributed by atoms with Gasteiger partial charge in [-0.3, -0.25) is 4.90 Å². The van der Waals surface area contributed by atoms with E-state index in [4.69, 9.17) is 4.74 Å². The van der Waals surface area contributed by atoms with E-state index < -0.39 is 0 Å². The van der Waals surface area contributed by atoms with Crippen LogP contribution in [-0.4, -0.2) is 37.7 Å². The number of hydrogen-bond acceptors (Lipinski definition) is 2. The van der Waals surface area contributed by atoms with E-state index in [1.165, 1.54) is 32.1 Å². The van der Waals surface area contributed by atoms with E-state index in [1.807, 2.05) is 7.11 Å². The fourth-order valence-electron chi connectivity index (χ4n) is 3.16. The van der Waals surface area contributed by atoms with Crippen LogP contribution in [0.1, 0.15) is 32.1 Å². The lowest BCUT2D eigenvalue weighted by Crippen LogP contribution is -2.37. The smallest absolute Gasteiger partial charge is 0.0618 e. The van der Waals surface area contributed by atoms with E-state index in [0.717, 1.165) is 18.6 Å². The van der Waals surface area contributed by atoms with Crippen molar-refractivity contribution >= 4 is 0 Å². The predicted molar refractivity (Wildman–Crippen MR) is 53.8 cm³/mol. The van der Waals surface area contributed by atoms with Crippen molar-refractivity contribution in [2.24, 2.45) is 5.92 Å². The van der Waals surface area contributed by atoms with Crippen molar-refractivity contribution < 1.29 is 4.74 Å². The molecule has 2 nitrogen and oxygen atoms in total. The molecule has 2 aliphatic rings. The lowest BCUT2D eigenvalue weighted by atomic mass is 9.85. The molecule has 76 valence electrons. The number of fused-ring (bicyclic) bond motifs is 1. The van der Waals surface area contributed by atoms with Crippen LogP contribution in [-0.2, 0) is 4.74 Å². The van der Waals surface area contributed by atoms with Gasteiger partial charge in [0.15, 0.2) is 0 Å². The number of hydrogen-bond donors (Lipinski definition) is 0. The fourth-order valence-corrected chi connectivity index (χ4v) is 3.16. The molecule has 0 aromatic heterocycles. The highest BCUT2D eigenvalue weighted by Crippen LogP contribution is 2.38. The van der Waals surface area contributed by atoms with Gasteiger partial charge in [-0.2, -0.15) is 0 Å². The van der Waals surface area contributed by atoms with Gasteiger partial charge in [-0.25, -0.2) is 0 Å². The van der Waals surface area contributed by atoms with E-state index >= 15 is 0 Å². The topological polar surface area (TPSA) is 12.5 Å². The Morgan fingerprint density at radius 2 is 2.08 bits per heavy atom. The van der Waals surface area contributed by atoms with Crippen LogP contribution in [0.15, 0.2) is 0 Å². The molecule has 0 aromatic rings. The number of ether oxygens (including phenoxy) is 1. The standard InChI is InChI=1S/C11H21NO/c1-12-10(8-13-2)7-9-5-3-4-6-11(9)12/h9-11H,3-8H2,1-2H3. The second-order valence-corrected chi connectivity index (χ2v) is 4.62. The zero-order chi connectivity index (χ0) is 9.26. The minimum atomic E-state index is 0.693. The van der Waals surface area contributed by atoms with Crippen molar-refractivity contribution in [2.45, 2.75) is 44.2 Å². The van der Waals surface area contributed by atoms with Gasteiger partial charge in [0.2, 0.25) is 0 Å². The van der Waals surface area contributed by atoms with Crippen molar-refractivity contribution in [1.82, 2.24) is 4.90 Å². The van der Waals surface area contributed by atoms with Crippen LogP contribution in [0.5, 0.6) is 0 Å². The molecule has 0 aromatic carbocycles. The number of rotatable bonds is 2. The lowest BCUT2D eigenvalue weighted by Gasteiger charge is -2.30. The van der Waals surface area contributed by atoms with Crippen LogP contribution in [0.25, 0.3) is 0 Å². The zero-order valence-electron chi connectivity index (χ0n) is 8.83. The summed E-state index contributed by atoms with van der Waals surface area (Å²) in [5.41, 5.74) is 0. The molecule has 1 heterocycles. The molecule has 2 fully saturated rings. The molecule has 2 rings (SSSR count). The summed E-state index contributed by atoms with van der Waals surface area (Å²) in [6.45, 7) is 0.920. The highest BCUT2D eigenvalue weighted by atomic mass is 16.5. The van der Waals surface area contributed by atoms with Crippen molar-refractivity contribution in [3.8, 4) is 0 Å². The van der Waals surface area contributed by atoms with E-state index in [0.29, 0.717) is 6.04 Å². The Bertz CT molecular complexity index is 171. The first kappa shape index (κ1) is 9.47. The molecular formula is C11H21NO. The second-order valence-electron chi connectivity index (χ2n) is 4.62. The van der Waals surface area contributed by atoms with Crippen LogP contribution in [0.4, 0.5) is 0 Å². The van der Waals surface area contributed by atoms with Gasteiger partial charge in [0, 0.05) is 19.2 Å². The molecule has 3 unspecified atom stereocenters. The van der Waals surface area contributed by atoms with E-state index in [1.54, 1.807) is 0 Å². The first-order chi connectivity index (χ1) is 6.33. The van der Waals surface area contributed by atoms with Crippen LogP contribution < -0.4 is 0 Å². The lowest BCUT2D eigenvalue weighted by molar-refractivity contribution is 0.107. The summed E-state index contributed by atoms with van der Waals surface area (Å²) in [7, 11) is 4.09. The molecule has 1 saturated heterocycles. The van der Waals surface area contributed by atoms with Crippen molar-refractivity contribution in [1.29, 1.82) is 0 Å². The van der Waals surface area contributed by atoms with Gasteiger partial charge in [0.25, 0.3) is 0 Å². The molecule has 0 radical (unpaired) electrons. The Morgan fingerprint density at radius 3 is 2.77 bits per heavy atom. The van der Waals surface area contributed by atoms with Crippen LogP contribution in [0.2, 0.25) is 0 Å². The van der Waals surface area contributed by atoms with E-state index in [9.17, 15) is 0 Å². The number of methoxy groups -OCH3 is 1. The third kappa shape index (κ3) is 1.75. The molecule has 13 heavy (non-hydrogen) atoms. The minimum absolute atomic E-state index is 0.693. The van der Waals surface area contributed by atoms with Gasteiger partial charge in [-0.05, 0) is 32.2 Å². The zero-order valence-corrected chi connectivity index (χ0v) is 8.83. The van der Waals surface area contributed by atoms with Crippen molar-refractivity contribution in [3.05, 3.63) is 0 Å². The summed E-state index contributed by atoms with van der Waals surface area (Å²) >= 11 is 0. The molecule has 3 atom stereocenters. The average Bonchev–Trinajstić information content (AvgIpc) is 2.46. The quantitative estimate of drug-likeness (QED) is 0.648. The Kier molecular flexibility index (Phi) is 2.89. The Hall–Kier alpha value is -0.0800. The second kappa shape index (κ2) is 3.97. The number of nitrogens with zero attached hydrogens (tertiary/aromatic N) is 1. The Morgan fingerprint density at radius 1 is 1.31 bits per heavy atom. The predicted octanol–water partition coefficient (Wildman–Crippen LogP) is 1.90. The first-order valence-corrected chi connectivity index (χ1v) is 5.54.